The van der Waals surface area contributed by atoms with Gasteiger partial charge >= 0.3 is 0 Å². The van der Waals surface area contributed by atoms with E-state index in [9.17, 15) is 5.11 Å². The van der Waals surface area contributed by atoms with Crippen molar-refractivity contribution in [3.05, 3.63) is 11.1 Å². The average molecular weight is 235 g/mol. The van der Waals surface area contributed by atoms with Gasteiger partial charge in [-0.05, 0) is 44.9 Å². The molecule has 2 heteroatoms. The van der Waals surface area contributed by atoms with E-state index in [0.29, 0.717) is 6.04 Å². The van der Waals surface area contributed by atoms with Gasteiger partial charge in [0.1, 0.15) is 0 Å². The van der Waals surface area contributed by atoms with Gasteiger partial charge in [-0.3, -0.25) is 0 Å². The molecule has 0 aromatic rings. The first-order valence-corrected chi connectivity index (χ1v) is 7.45. The van der Waals surface area contributed by atoms with Gasteiger partial charge in [-0.1, -0.05) is 30.4 Å². The summed E-state index contributed by atoms with van der Waals surface area (Å²) in [5.41, 5.74) is 3.25. The van der Waals surface area contributed by atoms with Crippen LogP contribution < -0.4 is 5.32 Å². The van der Waals surface area contributed by atoms with Crippen molar-refractivity contribution in [1.29, 1.82) is 0 Å². The van der Waals surface area contributed by atoms with Gasteiger partial charge in [0.25, 0.3) is 0 Å². The maximum atomic E-state index is 9.71. The molecule has 0 saturated heterocycles. The van der Waals surface area contributed by atoms with E-state index in [2.05, 4.69) is 5.32 Å². The van der Waals surface area contributed by atoms with Gasteiger partial charge in [0.05, 0.1) is 6.10 Å². The summed E-state index contributed by atoms with van der Waals surface area (Å²) in [6.45, 7) is 0. The van der Waals surface area contributed by atoms with Crippen molar-refractivity contribution in [2.45, 2.75) is 82.4 Å². The summed E-state index contributed by atoms with van der Waals surface area (Å²) in [6, 6.07) is 1.47. The van der Waals surface area contributed by atoms with Crippen molar-refractivity contribution in [2.24, 2.45) is 0 Å². The zero-order chi connectivity index (χ0) is 11.7. The highest BCUT2D eigenvalue weighted by atomic mass is 16.3. The highest BCUT2D eigenvalue weighted by molar-refractivity contribution is 5.26. The molecule has 0 bridgehead atoms. The average Bonchev–Trinajstić information content (AvgIpc) is 2.71. The minimum atomic E-state index is -0.0535. The molecule has 96 valence electrons. The fourth-order valence-corrected chi connectivity index (χ4v) is 3.91. The first-order chi connectivity index (χ1) is 8.31. The highest BCUT2D eigenvalue weighted by Gasteiger charge is 2.30. The summed E-state index contributed by atoms with van der Waals surface area (Å²) in [4.78, 5) is 0. The van der Waals surface area contributed by atoms with Crippen LogP contribution in [0.5, 0.6) is 0 Å². The Bertz CT molecular complexity index is 304. The van der Waals surface area contributed by atoms with Crippen molar-refractivity contribution in [2.75, 3.05) is 0 Å². The Morgan fingerprint density at radius 2 is 1.59 bits per heavy atom. The van der Waals surface area contributed by atoms with Crippen LogP contribution >= 0.6 is 0 Å². The normalized spacial score (nSPS) is 35.1. The molecule has 17 heavy (non-hydrogen) atoms. The molecule has 0 aromatic carbocycles. The van der Waals surface area contributed by atoms with Crippen LogP contribution in [0.2, 0.25) is 0 Å². The molecular weight excluding hydrogens is 210 g/mol. The van der Waals surface area contributed by atoms with E-state index in [1.165, 1.54) is 44.9 Å². The molecule has 3 aliphatic carbocycles. The zero-order valence-electron chi connectivity index (χ0n) is 10.8. The fraction of sp³-hybridized carbons (Fsp3) is 0.867. The molecule has 0 unspecified atom stereocenters. The maximum Gasteiger partial charge on any atom is 0.0580 e. The first-order valence-electron chi connectivity index (χ1n) is 7.45. The summed E-state index contributed by atoms with van der Waals surface area (Å²) >= 11 is 0. The van der Waals surface area contributed by atoms with Crippen LogP contribution in [0.4, 0.5) is 0 Å². The third-order valence-corrected chi connectivity index (χ3v) is 4.82. The SMILES string of the molecule is O[C@H]1CCC2=C(C1)C[C@@H](NC1CCCCC1)C2. The van der Waals surface area contributed by atoms with Gasteiger partial charge < -0.3 is 10.4 Å². The van der Waals surface area contributed by atoms with E-state index >= 15 is 0 Å². The fourth-order valence-electron chi connectivity index (χ4n) is 3.91. The van der Waals surface area contributed by atoms with Crippen molar-refractivity contribution in [3.8, 4) is 0 Å². The Labute approximate surface area is 104 Å². The van der Waals surface area contributed by atoms with Crippen LogP contribution in [-0.4, -0.2) is 23.3 Å². The second-order valence-electron chi connectivity index (χ2n) is 6.21. The lowest BCUT2D eigenvalue weighted by atomic mass is 9.92. The van der Waals surface area contributed by atoms with Gasteiger partial charge in [-0.25, -0.2) is 0 Å². The van der Waals surface area contributed by atoms with E-state index in [4.69, 9.17) is 0 Å². The molecule has 0 aromatic heterocycles. The predicted octanol–water partition coefficient (Wildman–Crippen LogP) is 2.91. The van der Waals surface area contributed by atoms with Gasteiger partial charge in [-0.15, -0.1) is 0 Å². The maximum absolute atomic E-state index is 9.71. The molecule has 3 rings (SSSR count). The molecule has 0 heterocycles. The summed E-state index contributed by atoms with van der Waals surface area (Å²) < 4.78 is 0. The minimum absolute atomic E-state index is 0.0535. The van der Waals surface area contributed by atoms with E-state index in [1.807, 2.05) is 0 Å². The zero-order valence-corrected chi connectivity index (χ0v) is 10.8. The van der Waals surface area contributed by atoms with Gasteiger partial charge in [0.15, 0.2) is 0 Å². The van der Waals surface area contributed by atoms with Crippen LogP contribution in [-0.2, 0) is 0 Å². The number of nitrogens with one attached hydrogen (secondary N) is 1. The van der Waals surface area contributed by atoms with Gasteiger partial charge in [0, 0.05) is 12.1 Å². The van der Waals surface area contributed by atoms with Gasteiger partial charge in [-0.2, -0.15) is 0 Å². The molecule has 0 spiro atoms. The molecule has 1 fully saturated rings. The smallest absolute Gasteiger partial charge is 0.0580 e. The molecule has 0 amide bonds. The molecule has 2 nitrogen and oxygen atoms in total. The number of rotatable bonds is 2. The van der Waals surface area contributed by atoms with Gasteiger partial charge in [0.2, 0.25) is 0 Å². The van der Waals surface area contributed by atoms with E-state index in [-0.39, 0.29) is 6.10 Å². The molecule has 1 saturated carbocycles. The standard InChI is InChI=1S/C15H25NO/c17-15-7-6-11-8-14(9-12(11)10-15)16-13-4-2-1-3-5-13/h13-17H,1-10H2/t14-,15-/m0/s1. The second-order valence-corrected chi connectivity index (χ2v) is 6.21. The first kappa shape index (κ1) is 11.7. The summed E-state index contributed by atoms with van der Waals surface area (Å²) in [5, 5.41) is 13.6. The van der Waals surface area contributed by atoms with Crippen molar-refractivity contribution < 1.29 is 5.11 Å². The van der Waals surface area contributed by atoms with Crippen molar-refractivity contribution in [1.82, 2.24) is 5.32 Å². The Kier molecular flexibility index (Phi) is 3.53. The third-order valence-electron chi connectivity index (χ3n) is 4.82. The molecule has 3 aliphatic rings. The minimum Gasteiger partial charge on any atom is -0.393 e. The summed E-state index contributed by atoms with van der Waals surface area (Å²) in [6.07, 6.45) is 12.5. The van der Waals surface area contributed by atoms with Crippen LogP contribution in [0.25, 0.3) is 0 Å². The number of aliphatic hydroxyl groups is 1. The molecule has 0 aliphatic heterocycles. The van der Waals surface area contributed by atoms with Crippen molar-refractivity contribution >= 4 is 0 Å². The lowest BCUT2D eigenvalue weighted by Crippen LogP contribution is -2.38. The molecular formula is C15H25NO. The largest absolute Gasteiger partial charge is 0.393 e. The number of hydrogen-bond donors (Lipinski definition) is 2. The van der Waals surface area contributed by atoms with E-state index in [1.54, 1.807) is 11.1 Å². The monoisotopic (exact) mass is 235 g/mol. The lowest BCUT2D eigenvalue weighted by Gasteiger charge is -2.26. The number of hydrogen-bond acceptors (Lipinski definition) is 2. The third kappa shape index (κ3) is 2.74. The van der Waals surface area contributed by atoms with Crippen LogP contribution in [0.15, 0.2) is 11.1 Å². The molecule has 2 N–H and O–H groups in total. The Morgan fingerprint density at radius 3 is 2.41 bits per heavy atom. The number of aliphatic hydroxyl groups excluding tert-OH is 1. The quantitative estimate of drug-likeness (QED) is 0.721. The van der Waals surface area contributed by atoms with E-state index in [0.717, 1.165) is 25.3 Å². The Morgan fingerprint density at radius 1 is 0.824 bits per heavy atom. The van der Waals surface area contributed by atoms with Crippen LogP contribution in [0.3, 0.4) is 0 Å². The Balaban J connectivity index is 1.52. The predicted molar refractivity (Wildman–Crippen MR) is 69.9 cm³/mol. The highest BCUT2D eigenvalue weighted by Crippen LogP contribution is 2.37. The van der Waals surface area contributed by atoms with E-state index < -0.39 is 0 Å². The topological polar surface area (TPSA) is 32.3 Å². The summed E-state index contributed by atoms with van der Waals surface area (Å²) in [5.74, 6) is 0. The Hall–Kier alpha value is -0.340. The molecule has 2 atom stereocenters. The second kappa shape index (κ2) is 5.11. The summed E-state index contributed by atoms with van der Waals surface area (Å²) in [7, 11) is 0. The van der Waals surface area contributed by atoms with Crippen LogP contribution in [0.1, 0.15) is 64.2 Å². The van der Waals surface area contributed by atoms with Crippen molar-refractivity contribution in [3.63, 3.8) is 0 Å². The lowest BCUT2D eigenvalue weighted by molar-refractivity contribution is 0.158. The van der Waals surface area contributed by atoms with Crippen LogP contribution in [0, 0.1) is 0 Å². The molecule has 0 radical (unpaired) electrons.